The number of ether oxygens (including phenoxy) is 2. The van der Waals surface area contributed by atoms with E-state index >= 15 is 0 Å². The fourth-order valence-corrected chi connectivity index (χ4v) is 2.58. The highest BCUT2D eigenvalue weighted by Crippen LogP contribution is 2.04. The summed E-state index contributed by atoms with van der Waals surface area (Å²) in [6.07, 6.45) is -0.238. The summed E-state index contributed by atoms with van der Waals surface area (Å²) in [6.45, 7) is 3.24. The molecule has 0 bridgehead atoms. The molecule has 8 heteroatoms. The lowest BCUT2D eigenvalue weighted by Gasteiger charge is -2.18. The molecular weight excluding hydrogens is 262 g/mol. The molecule has 0 aliphatic rings. The summed E-state index contributed by atoms with van der Waals surface area (Å²) in [5, 5.41) is 0. The van der Waals surface area contributed by atoms with Crippen molar-refractivity contribution in [2.45, 2.75) is 20.3 Å². The molecule has 0 radical (unpaired) electrons. The van der Waals surface area contributed by atoms with Gasteiger partial charge in [0.15, 0.2) is 0 Å². The molecule has 0 aliphatic heterocycles. The average molecular weight is 281 g/mol. The van der Waals surface area contributed by atoms with Crippen molar-refractivity contribution >= 4 is 22.0 Å². The molecule has 0 saturated heterocycles. The van der Waals surface area contributed by atoms with Gasteiger partial charge in [-0.2, -0.15) is 4.31 Å². The molecule has 0 atom stereocenters. The zero-order valence-electron chi connectivity index (χ0n) is 10.8. The number of esters is 2. The number of hydrogen-bond acceptors (Lipinski definition) is 6. The van der Waals surface area contributed by atoms with E-state index in [1.807, 2.05) is 0 Å². The van der Waals surface area contributed by atoms with Crippen molar-refractivity contribution in [1.29, 1.82) is 0 Å². The second-order valence-electron chi connectivity index (χ2n) is 3.37. The molecule has 0 aliphatic carbocycles. The van der Waals surface area contributed by atoms with Crippen molar-refractivity contribution in [3.05, 3.63) is 0 Å². The largest absolute Gasteiger partial charge is 0.469 e. The second kappa shape index (κ2) is 8.04. The average Bonchev–Trinajstić information content (AvgIpc) is 2.33. The van der Waals surface area contributed by atoms with E-state index in [0.29, 0.717) is 0 Å². The van der Waals surface area contributed by atoms with E-state index in [4.69, 9.17) is 0 Å². The summed E-state index contributed by atoms with van der Waals surface area (Å²) in [5.41, 5.74) is 0. The van der Waals surface area contributed by atoms with Gasteiger partial charge in [-0.05, 0) is 6.92 Å². The Labute approximate surface area is 107 Å². The minimum atomic E-state index is -3.66. The van der Waals surface area contributed by atoms with Crippen LogP contribution in [0.5, 0.6) is 0 Å². The van der Waals surface area contributed by atoms with Gasteiger partial charge in [0.05, 0.1) is 25.9 Å². The Morgan fingerprint density at radius 2 is 1.78 bits per heavy atom. The lowest BCUT2D eigenvalue weighted by Crippen LogP contribution is -2.38. The SMILES string of the molecule is CCOC(=O)CN(CC)S(=O)(=O)CCC(=O)OC. The number of carbonyl (C=O) groups is 2. The smallest absolute Gasteiger partial charge is 0.321 e. The van der Waals surface area contributed by atoms with Crippen LogP contribution in [-0.2, 0) is 29.1 Å². The lowest BCUT2D eigenvalue weighted by atomic mass is 10.5. The maximum absolute atomic E-state index is 11.8. The molecule has 0 aromatic heterocycles. The molecule has 0 N–H and O–H groups in total. The van der Waals surface area contributed by atoms with Crippen LogP contribution in [0.15, 0.2) is 0 Å². The van der Waals surface area contributed by atoms with Crippen molar-refractivity contribution < 1.29 is 27.5 Å². The van der Waals surface area contributed by atoms with E-state index in [9.17, 15) is 18.0 Å². The van der Waals surface area contributed by atoms with Gasteiger partial charge in [-0.1, -0.05) is 6.92 Å². The van der Waals surface area contributed by atoms with Crippen molar-refractivity contribution in [2.75, 3.05) is 32.6 Å². The van der Waals surface area contributed by atoms with Crippen LogP contribution < -0.4 is 0 Å². The van der Waals surface area contributed by atoms with E-state index < -0.39 is 22.0 Å². The summed E-state index contributed by atoms with van der Waals surface area (Å²) in [4.78, 5) is 22.1. The number of nitrogens with zero attached hydrogens (tertiary/aromatic N) is 1. The van der Waals surface area contributed by atoms with Crippen LogP contribution in [-0.4, -0.2) is 57.2 Å². The summed E-state index contributed by atoms with van der Waals surface area (Å²) in [7, 11) is -2.47. The number of likely N-dealkylation sites (N-methyl/N-ethyl adjacent to an activating group) is 1. The van der Waals surface area contributed by atoms with Crippen LogP contribution in [0.4, 0.5) is 0 Å². The van der Waals surface area contributed by atoms with E-state index in [0.717, 1.165) is 4.31 Å². The van der Waals surface area contributed by atoms with Crippen LogP contribution in [0, 0.1) is 0 Å². The van der Waals surface area contributed by atoms with Gasteiger partial charge >= 0.3 is 11.9 Å². The second-order valence-corrected chi connectivity index (χ2v) is 5.46. The van der Waals surface area contributed by atoms with E-state index in [-0.39, 0.29) is 31.9 Å². The van der Waals surface area contributed by atoms with Crippen LogP contribution in [0.3, 0.4) is 0 Å². The monoisotopic (exact) mass is 281 g/mol. The predicted octanol–water partition coefficient (Wildman–Crippen LogP) is -0.236. The summed E-state index contributed by atoms with van der Waals surface area (Å²) >= 11 is 0. The third-order valence-corrected chi connectivity index (χ3v) is 4.04. The number of sulfonamides is 1. The van der Waals surface area contributed by atoms with Crippen molar-refractivity contribution in [1.82, 2.24) is 4.31 Å². The van der Waals surface area contributed by atoms with Gasteiger partial charge in [-0.25, -0.2) is 8.42 Å². The minimum absolute atomic E-state index is 0.141. The van der Waals surface area contributed by atoms with Gasteiger partial charge in [0.25, 0.3) is 0 Å². The van der Waals surface area contributed by atoms with Gasteiger partial charge in [0.2, 0.25) is 10.0 Å². The first-order chi connectivity index (χ1) is 8.37. The Kier molecular flexibility index (Phi) is 7.53. The maximum atomic E-state index is 11.8. The minimum Gasteiger partial charge on any atom is -0.469 e. The molecule has 0 fully saturated rings. The molecule has 0 amide bonds. The van der Waals surface area contributed by atoms with Crippen LogP contribution in [0.25, 0.3) is 0 Å². The first-order valence-electron chi connectivity index (χ1n) is 5.57. The quantitative estimate of drug-likeness (QED) is 0.571. The number of hydrogen-bond donors (Lipinski definition) is 0. The molecule has 0 aromatic carbocycles. The molecule has 0 rings (SSSR count). The summed E-state index contributed by atoms with van der Waals surface area (Å²) < 4.78 is 33.7. The van der Waals surface area contributed by atoms with Gasteiger partial charge in [0, 0.05) is 6.54 Å². The van der Waals surface area contributed by atoms with Crippen LogP contribution >= 0.6 is 0 Å². The topological polar surface area (TPSA) is 90.0 Å². The zero-order valence-corrected chi connectivity index (χ0v) is 11.7. The third kappa shape index (κ3) is 5.97. The highest BCUT2D eigenvalue weighted by atomic mass is 32.2. The van der Waals surface area contributed by atoms with Gasteiger partial charge in [-0.15, -0.1) is 0 Å². The molecular formula is C10H19NO6S. The molecule has 18 heavy (non-hydrogen) atoms. The number of methoxy groups -OCH3 is 1. The maximum Gasteiger partial charge on any atom is 0.321 e. The highest BCUT2D eigenvalue weighted by molar-refractivity contribution is 7.89. The molecule has 0 aromatic rings. The molecule has 0 unspecified atom stereocenters. The Morgan fingerprint density at radius 3 is 2.22 bits per heavy atom. The van der Waals surface area contributed by atoms with Crippen molar-refractivity contribution in [2.24, 2.45) is 0 Å². The number of carbonyl (C=O) groups excluding carboxylic acids is 2. The highest BCUT2D eigenvalue weighted by Gasteiger charge is 2.24. The molecule has 0 heterocycles. The fraction of sp³-hybridized carbons (Fsp3) is 0.800. The lowest BCUT2D eigenvalue weighted by molar-refractivity contribution is -0.143. The van der Waals surface area contributed by atoms with Crippen molar-refractivity contribution in [3.63, 3.8) is 0 Å². The molecule has 0 spiro atoms. The van der Waals surface area contributed by atoms with E-state index in [2.05, 4.69) is 9.47 Å². The van der Waals surface area contributed by atoms with E-state index in [1.165, 1.54) is 7.11 Å². The third-order valence-electron chi connectivity index (χ3n) is 2.15. The molecule has 106 valence electrons. The van der Waals surface area contributed by atoms with Crippen LogP contribution in [0.2, 0.25) is 0 Å². The standard InChI is InChI=1S/C10H19NO6S/c1-4-11(8-10(13)17-5-2)18(14,15)7-6-9(12)16-3/h4-8H2,1-3H3. The Bertz CT molecular complexity index is 378. The fourth-order valence-electron chi connectivity index (χ4n) is 1.20. The van der Waals surface area contributed by atoms with Crippen LogP contribution in [0.1, 0.15) is 20.3 Å². The van der Waals surface area contributed by atoms with Gasteiger partial charge in [-0.3, -0.25) is 9.59 Å². The van der Waals surface area contributed by atoms with Gasteiger partial charge in [0.1, 0.15) is 6.54 Å². The first-order valence-corrected chi connectivity index (χ1v) is 7.18. The Morgan fingerprint density at radius 1 is 1.17 bits per heavy atom. The first kappa shape index (κ1) is 16.9. The summed E-state index contributed by atoms with van der Waals surface area (Å²) in [5.74, 6) is -1.60. The Balaban J connectivity index is 4.52. The summed E-state index contributed by atoms with van der Waals surface area (Å²) in [6, 6.07) is 0. The predicted molar refractivity (Wildman–Crippen MR) is 64.3 cm³/mol. The molecule has 0 saturated carbocycles. The zero-order chi connectivity index (χ0) is 14.2. The van der Waals surface area contributed by atoms with Gasteiger partial charge < -0.3 is 9.47 Å². The van der Waals surface area contributed by atoms with E-state index in [1.54, 1.807) is 13.8 Å². The number of rotatable bonds is 8. The Hall–Kier alpha value is -1.15. The molecule has 7 nitrogen and oxygen atoms in total. The normalized spacial score (nSPS) is 11.3. The van der Waals surface area contributed by atoms with Crippen molar-refractivity contribution in [3.8, 4) is 0 Å².